The summed E-state index contributed by atoms with van der Waals surface area (Å²) in [6, 6.07) is 9.26. The van der Waals surface area contributed by atoms with Crippen LogP contribution in [-0.4, -0.2) is 50.0 Å². The predicted molar refractivity (Wildman–Crippen MR) is 91.4 cm³/mol. The van der Waals surface area contributed by atoms with E-state index in [4.69, 9.17) is 0 Å². The molecule has 1 aromatic rings. The van der Waals surface area contributed by atoms with E-state index in [0.717, 1.165) is 39.1 Å². The first-order valence-electron chi connectivity index (χ1n) is 8.67. The Balaban J connectivity index is 1.45. The maximum atomic E-state index is 10.0. The number of benzene rings is 1. The number of β-amino-alcohol motifs (C(OH)–C–C–N with tert-alkyl or cyclic N) is 1. The average Bonchev–Trinajstić information content (AvgIpc) is 2.55. The lowest BCUT2D eigenvalue weighted by Gasteiger charge is -2.36. The Morgan fingerprint density at radius 2 is 2.00 bits per heavy atom. The number of hydrogen-bond acceptors (Lipinski definition) is 4. The molecule has 2 heterocycles. The first-order valence-corrected chi connectivity index (χ1v) is 8.67. The highest BCUT2D eigenvalue weighted by molar-refractivity contribution is 5.53. The van der Waals surface area contributed by atoms with Crippen LogP contribution in [0, 0.1) is 12.8 Å². The van der Waals surface area contributed by atoms with Crippen LogP contribution in [0.4, 0.5) is 5.69 Å². The monoisotopic (exact) mass is 303 g/mol. The molecule has 0 amide bonds. The number of aliphatic hydroxyl groups is 1. The highest BCUT2D eigenvalue weighted by Crippen LogP contribution is 2.23. The van der Waals surface area contributed by atoms with Crippen molar-refractivity contribution < 1.29 is 5.11 Å². The van der Waals surface area contributed by atoms with Gasteiger partial charge in [-0.2, -0.15) is 0 Å². The van der Waals surface area contributed by atoms with E-state index < -0.39 is 0 Å². The van der Waals surface area contributed by atoms with Gasteiger partial charge < -0.3 is 20.6 Å². The van der Waals surface area contributed by atoms with E-state index in [1.54, 1.807) is 0 Å². The van der Waals surface area contributed by atoms with Crippen molar-refractivity contribution in [3.8, 4) is 0 Å². The second-order valence-corrected chi connectivity index (χ2v) is 6.78. The van der Waals surface area contributed by atoms with Crippen LogP contribution in [0.1, 0.15) is 24.8 Å². The smallest absolute Gasteiger partial charge is 0.0705 e. The molecular weight excluding hydrogens is 274 g/mol. The van der Waals surface area contributed by atoms with Crippen molar-refractivity contribution >= 4 is 5.69 Å². The molecule has 4 heteroatoms. The largest absolute Gasteiger partial charge is 0.391 e. The molecule has 4 nitrogen and oxygen atoms in total. The summed E-state index contributed by atoms with van der Waals surface area (Å²) in [7, 11) is 0. The quantitative estimate of drug-likeness (QED) is 0.789. The summed E-state index contributed by atoms with van der Waals surface area (Å²) < 4.78 is 0. The molecular formula is C18H29N3O. The van der Waals surface area contributed by atoms with E-state index in [0.29, 0.717) is 12.0 Å². The van der Waals surface area contributed by atoms with Gasteiger partial charge >= 0.3 is 0 Å². The topological polar surface area (TPSA) is 47.5 Å². The lowest BCUT2D eigenvalue weighted by molar-refractivity contribution is 0.0793. The Hall–Kier alpha value is -1.10. The number of nitrogens with one attached hydrogen (secondary N) is 2. The van der Waals surface area contributed by atoms with Crippen molar-refractivity contribution in [3.63, 3.8) is 0 Å². The highest BCUT2D eigenvalue weighted by atomic mass is 16.3. The number of rotatable bonds is 4. The van der Waals surface area contributed by atoms with Crippen LogP contribution in [0.25, 0.3) is 0 Å². The van der Waals surface area contributed by atoms with Gasteiger partial charge in [0.2, 0.25) is 0 Å². The molecule has 0 saturated carbocycles. The van der Waals surface area contributed by atoms with E-state index >= 15 is 0 Å². The van der Waals surface area contributed by atoms with Crippen LogP contribution in [-0.2, 0) is 0 Å². The van der Waals surface area contributed by atoms with E-state index in [1.165, 1.54) is 24.1 Å². The molecule has 3 N–H and O–H groups in total. The Bertz CT molecular complexity index is 471. The minimum atomic E-state index is -0.187. The number of nitrogens with zero attached hydrogens (tertiary/aromatic N) is 1. The second kappa shape index (κ2) is 7.44. The van der Waals surface area contributed by atoms with Crippen molar-refractivity contribution in [1.82, 2.24) is 10.6 Å². The van der Waals surface area contributed by atoms with Gasteiger partial charge in [0.1, 0.15) is 0 Å². The maximum absolute atomic E-state index is 10.0. The van der Waals surface area contributed by atoms with Crippen LogP contribution in [0.3, 0.4) is 0 Å². The second-order valence-electron chi connectivity index (χ2n) is 6.78. The zero-order valence-electron chi connectivity index (χ0n) is 13.6. The Labute approximate surface area is 133 Å². The molecule has 0 aromatic heterocycles. The Kier molecular flexibility index (Phi) is 5.34. The molecule has 0 bridgehead atoms. The van der Waals surface area contributed by atoms with Gasteiger partial charge in [-0.15, -0.1) is 0 Å². The first-order chi connectivity index (χ1) is 10.7. The molecule has 2 atom stereocenters. The fraction of sp³-hybridized carbons (Fsp3) is 0.667. The summed E-state index contributed by atoms with van der Waals surface area (Å²) in [6.45, 7) is 7.18. The van der Waals surface area contributed by atoms with Gasteiger partial charge in [0.05, 0.1) is 6.10 Å². The normalized spacial score (nSPS) is 27.1. The fourth-order valence-electron chi connectivity index (χ4n) is 3.70. The number of para-hydroxylation sites is 1. The first kappa shape index (κ1) is 15.8. The molecule has 0 aliphatic carbocycles. The molecule has 3 rings (SSSR count). The number of hydrogen-bond donors (Lipinski definition) is 3. The SMILES string of the molecule is Cc1ccccc1N1CCC(NCC2CCNCC2O)CC1. The maximum Gasteiger partial charge on any atom is 0.0705 e. The van der Waals surface area contributed by atoms with Crippen molar-refractivity contribution in [2.24, 2.45) is 5.92 Å². The zero-order chi connectivity index (χ0) is 15.4. The van der Waals surface area contributed by atoms with Crippen molar-refractivity contribution in [1.29, 1.82) is 0 Å². The Morgan fingerprint density at radius 1 is 1.23 bits per heavy atom. The highest BCUT2D eigenvalue weighted by Gasteiger charge is 2.25. The standard InChI is InChI=1S/C18H29N3O/c1-14-4-2-3-5-17(14)21-10-7-16(8-11-21)20-12-15-6-9-19-13-18(15)22/h2-5,15-16,18-20,22H,6-13H2,1H3. The average molecular weight is 303 g/mol. The minimum absolute atomic E-state index is 0.187. The van der Waals surface area contributed by atoms with Gasteiger partial charge in [-0.3, -0.25) is 0 Å². The third kappa shape index (κ3) is 3.80. The molecule has 2 unspecified atom stereocenters. The summed E-state index contributed by atoms with van der Waals surface area (Å²) in [4.78, 5) is 2.51. The van der Waals surface area contributed by atoms with Gasteiger partial charge in [-0.1, -0.05) is 18.2 Å². The van der Waals surface area contributed by atoms with Gasteiger partial charge in [0, 0.05) is 37.9 Å². The van der Waals surface area contributed by atoms with Crippen LogP contribution in [0.5, 0.6) is 0 Å². The molecule has 2 aliphatic rings. The van der Waals surface area contributed by atoms with Gasteiger partial charge in [-0.25, -0.2) is 0 Å². The van der Waals surface area contributed by atoms with Gasteiger partial charge in [-0.05, 0) is 50.3 Å². The van der Waals surface area contributed by atoms with Gasteiger partial charge in [0.25, 0.3) is 0 Å². The van der Waals surface area contributed by atoms with Crippen LogP contribution >= 0.6 is 0 Å². The van der Waals surface area contributed by atoms with Crippen LogP contribution in [0.2, 0.25) is 0 Å². The zero-order valence-corrected chi connectivity index (χ0v) is 13.6. The van der Waals surface area contributed by atoms with E-state index in [2.05, 4.69) is 46.7 Å². The van der Waals surface area contributed by atoms with Crippen LogP contribution < -0.4 is 15.5 Å². The number of aryl methyl sites for hydroxylation is 1. The lowest BCUT2D eigenvalue weighted by Crippen LogP contribution is -2.48. The summed E-state index contributed by atoms with van der Waals surface area (Å²) >= 11 is 0. The summed E-state index contributed by atoms with van der Waals surface area (Å²) in [6.07, 6.45) is 3.27. The molecule has 122 valence electrons. The summed E-state index contributed by atoms with van der Waals surface area (Å²) in [5.74, 6) is 0.413. The number of aliphatic hydroxyl groups excluding tert-OH is 1. The van der Waals surface area contributed by atoms with Crippen LogP contribution in [0.15, 0.2) is 24.3 Å². The molecule has 2 aliphatic heterocycles. The van der Waals surface area contributed by atoms with E-state index in [9.17, 15) is 5.11 Å². The molecule has 22 heavy (non-hydrogen) atoms. The molecule has 0 spiro atoms. The lowest BCUT2D eigenvalue weighted by atomic mass is 9.94. The van der Waals surface area contributed by atoms with Crippen molar-refractivity contribution in [2.45, 2.75) is 38.3 Å². The number of piperidine rings is 2. The van der Waals surface area contributed by atoms with Crippen molar-refractivity contribution in [3.05, 3.63) is 29.8 Å². The summed E-state index contributed by atoms with van der Waals surface area (Å²) in [5, 5.41) is 17.0. The summed E-state index contributed by atoms with van der Waals surface area (Å²) in [5.41, 5.74) is 2.75. The van der Waals surface area contributed by atoms with E-state index in [-0.39, 0.29) is 6.10 Å². The minimum Gasteiger partial charge on any atom is -0.391 e. The predicted octanol–water partition coefficient (Wildman–Crippen LogP) is 1.52. The van der Waals surface area contributed by atoms with Crippen molar-refractivity contribution in [2.75, 3.05) is 37.6 Å². The van der Waals surface area contributed by atoms with Gasteiger partial charge in [0.15, 0.2) is 0 Å². The van der Waals surface area contributed by atoms with E-state index in [1.807, 2.05) is 0 Å². The number of anilines is 1. The fourth-order valence-corrected chi connectivity index (χ4v) is 3.70. The third-order valence-corrected chi connectivity index (χ3v) is 5.21. The molecule has 2 fully saturated rings. The Morgan fingerprint density at radius 3 is 2.73 bits per heavy atom. The third-order valence-electron chi connectivity index (χ3n) is 5.21. The molecule has 0 radical (unpaired) electrons. The molecule has 2 saturated heterocycles. The molecule has 1 aromatic carbocycles.